The van der Waals surface area contributed by atoms with Crippen molar-refractivity contribution >= 4 is 33.4 Å². The molecule has 14 heavy (non-hydrogen) atoms. The standard InChI is InChI=1S/C10H13BrN2S/c11-8-5-10(7-12-6-8)13-9-1-3-14-4-2-9/h5-7,9,13H,1-4H2. The van der Waals surface area contributed by atoms with E-state index in [9.17, 15) is 0 Å². The highest BCUT2D eigenvalue weighted by atomic mass is 79.9. The molecule has 0 bridgehead atoms. The summed E-state index contributed by atoms with van der Waals surface area (Å²) in [5.41, 5.74) is 1.12. The van der Waals surface area contributed by atoms with Gasteiger partial charge in [0.15, 0.2) is 0 Å². The second kappa shape index (κ2) is 5.03. The molecule has 0 aliphatic carbocycles. The number of aromatic nitrogens is 1. The molecule has 0 amide bonds. The Morgan fingerprint density at radius 2 is 2.14 bits per heavy atom. The van der Waals surface area contributed by atoms with Crippen LogP contribution in [0.1, 0.15) is 12.8 Å². The number of pyridine rings is 1. The van der Waals surface area contributed by atoms with Gasteiger partial charge in [0.1, 0.15) is 0 Å². The maximum atomic E-state index is 4.14. The molecule has 4 heteroatoms. The van der Waals surface area contributed by atoms with Gasteiger partial charge in [-0.3, -0.25) is 4.98 Å². The molecule has 1 aromatic rings. The number of thioether (sulfide) groups is 1. The van der Waals surface area contributed by atoms with Gasteiger partial charge in [0.2, 0.25) is 0 Å². The Morgan fingerprint density at radius 3 is 2.86 bits per heavy atom. The van der Waals surface area contributed by atoms with Crippen LogP contribution < -0.4 is 5.32 Å². The van der Waals surface area contributed by atoms with Crippen molar-refractivity contribution in [2.24, 2.45) is 0 Å². The zero-order valence-electron chi connectivity index (χ0n) is 7.87. The lowest BCUT2D eigenvalue weighted by atomic mass is 10.1. The number of nitrogens with zero attached hydrogens (tertiary/aromatic N) is 1. The molecule has 2 rings (SSSR count). The number of nitrogens with one attached hydrogen (secondary N) is 1. The lowest BCUT2D eigenvalue weighted by Gasteiger charge is -2.23. The summed E-state index contributed by atoms with van der Waals surface area (Å²) in [5.74, 6) is 2.55. The molecule has 2 heterocycles. The van der Waals surface area contributed by atoms with E-state index in [4.69, 9.17) is 0 Å². The Labute approximate surface area is 97.0 Å². The van der Waals surface area contributed by atoms with Gasteiger partial charge in [-0.1, -0.05) is 0 Å². The zero-order chi connectivity index (χ0) is 9.80. The van der Waals surface area contributed by atoms with E-state index in [0.717, 1.165) is 10.2 Å². The molecule has 1 N–H and O–H groups in total. The SMILES string of the molecule is Brc1cncc(NC2CCSCC2)c1. The second-order valence-corrected chi connectivity index (χ2v) is 5.56. The van der Waals surface area contributed by atoms with E-state index in [2.05, 4.69) is 32.3 Å². The van der Waals surface area contributed by atoms with Crippen LogP contribution >= 0.6 is 27.7 Å². The molecule has 1 saturated heterocycles. The first-order valence-corrected chi connectivity index (χ1v) is 6.74. The quantitative estimate of drug-likeness (QED) is 0.896. The van der Waals surface area contributed by atoms with Crippen LogP contribution in [0.25, 0.3) is 0 Å². The van der Waals surface area contributed by atoms with Crippen LogP contribution in [0.5, 0.6) is 0 Å². The van der Waals surface area contributed by atoms with Crippen LogP contribution in [0.4, 0.5) is 5.69 Å². The Kier molecular flexibility index (Phi) is 3.70. The molecule has 76 valence electrons. The summed E-state index contributed by atoms with van der Waals surface area (Å²) in [7, 11) is 0. The van der Waals surface area contributed by atoms with Crippen molar-refractivity contribution in [3.63, 3.8) is 0 Å². The van der Waals surface area contributed by atoms with E-state index < -0.39 is 0 Å². The predicted octanol–water partition coefficient (Wildman–Crippen LogP) is 3.15. The summed E-state index contributed by atoms with van der Waals surface area (Å²) < 4.78 is 1.03. The highest BCUT2D eigenvalue weighted by Crippen LogP contribution is 2.21. The normalized spacial score (nSPS) is 18.1. The first-order valence-electron chi connectivity index (χ1n) is 4.79. The smallest absolute Gasteiger partial charge is 0.0540 e. The van der Waals surface area contributed by atoms with E-state index in [-0.39, 0.29) is 0 Å². The van der Waals surface area contributed by atoms with Crippen LogP contribution in [0.3, 0.4) is 0 Å². The van der Waals surface area contributed by atoms with Gasteiger partial charge in [-0.25, -0.2) is 0 Å². The Balaban J connectivity index is 1.95. The molecule has 0 spiro atoms. The average molecular weight is 273 g/mol. The van der Waals surface area contributed by atoms with Crippen molar-refractivity contribution in [2.75, 3.05) is 16.8 Å². The van der Waals surface area contributed by atoms with Crippen LogP contribution in [-0.2, 0) is 0 Å². The number of rotatable bonds is 2. The van der Waals surface area contributed by atoms with E-state index >= 15 is 0 Å². The summed E-state index contributed by atoms with van der Waals surface area (Å²) in [6, 6.07) is 2.71. The highest BCUT2D eigenvalue weighted by Gasteiger charge is 2.12. The summed E-state index contributed by atoms with van der Waals surface area (Å²) in [6.45, 7) is 0. The topological polar surface area (TPSA) is 24.9 Å². The summed E-state index contributed by atoms with van der Waals surface area (Å²) in [6.07, 6.45) is 6.21. The number of halogens is 1. The van der Waals surface area contributed by atoms with E-state index in [1.165, 1.54) is 24.3 Å². The van der Waals surface area contributed by atoms with Gasteiger partial charge in [0, 0.05) is 16.7 Å². The number of anilines is 1. The number of hydrogen-bond donors (Lipinski definition) is 1. The minimum atomic E-state index is 0.632. The average Bonchev–Trinajstić information content (AvgIpc) is 2.19. The molecular weight excluding hydrogens is 260 g/mol. The Morgan fingerprint density at radius 1 is 1.36 bits per heavy atom. The summed E-state index contributed by atoms with van der Waals surface area (Å²) in [5, 5.41) is 3.52. The van der Waals surface area contributed by atoms with Gasteiger partial charge in [-0.2, -0.15) is 11.8 Å². The largest absolute Gasteiger partial charge is 0.381 e. The maximum Gasteiger partial charge on any atom is 0.0540 e. The van der Waals surface area contributed by atoms with Gasteiger partial charge in [-0.05, 0) is 46.3 Å². The monoisotopic (exact) mass is 272 g/mol. The van der Waals surface area contributed by atoms with Crippen molar-refractivity contribution in [1.82, 2.24) is 4.98 Å². The van der Waals surface area contributed by atoms with Crippen LogP contribution in [-0.4, -0.2) is 22.5 Å². The highest BCUT2D eigenvalue weighted by molar-refractivity contribution is 9.10. The Hall–Kier alpha value is -0.220. The third-order valence-corrected chi connectivity index (χ3v) is 3.78. The first kappa shape index (κ1) is 10.3. The molecule has 2 nitrogen and oxygen atoms in total. The van der Waals surface area contributed by atoms with Crippen molar-refractivity contribution in [2.45, 2.75) is 18.9 Å². The molecular formula is C10H13BrN2S. The van der Waals surface area contributed by atoms with Crippen molar-refractivity contribution in [3.8, 4) is 0 Å². The summed E-state index contributed by atoms with van der Waals surface area (Å²) >= 11 is 5.47. The molecule has 0 unspecified atom stereocenters. The lowest BCUT2D eigenvalue weighted by Crippen LogP contribution is -2.24. The predicted molar refractivity (Wildman–Crippen MR) is 65.9 cm³/mol. The maximum absolute atomic E-state index is 4.14. The molecule has 1 aliphatic heterocycles. The molecule has 1 aromatic heterocycles. The van der Waals surface area contributed by atoms with Gasteiger partial charge in [0.25, 0.3) is 0 Å². The van der Waals surface area contributed by atoms with Crippen LogP contribution in [0.2, 0.25) is 0 Å². The molecule has 0 aromatic carbocycles. The van der Waals surface area contributed by atoms with Crippen molar-refractivity contribution in [1.29, 1.82) is 0 Å². The van der Waals surface area contributed by atoms with Crippen molar-refractivity contribution in [3.05, 3.63) is 22.9 Å². The zero-order valence-corrected chi connectivity index (χ0v) is 10.3. The molecule has 1 aliphatic rings. The minimum Gasteiger partial charge on any atom is -0.381 e. The van der Waals surface area contributed by atoms with Crippen molar-refractivity contribution < 1.29 is 0 Å². The molecule has 1 fully saturated rings. The van der Waals surface area contributed by atoms with E-state index in [1.54, 1.807) is 0 Å². The molecule has 0 saturated carbocycles. The van der Waals surface area contributed by atoms with Crippen LogP contribution in [0, 0.1) is 0 Å². The fourth-order valence-corrected chi connectivity index (χ4v) is 3.04. The van der Waals surface area contributed by atoms with Gasteiger partial charge >= 0.3 is 0 Å². The van der Waals surface area contributed by atoms with Gasteiger partial charge < -0.3 is 5.32 Å². The second-order valence-electron chi connectivity index (χ2n) is 3.42. The fraction of sp³-hybridized carbons (Fsp3) is 0.500. The van der Waals surface area contributed by atoms with Gasteiger partial charge in [0.05, 0.1) is 11.9 Å². The first-order chi connectivity index (χ1) is 6.84. The number of hydrogen-bond acceptors (Lipinski definition) is 3. The fourth-order valence-electron chi connectivity index (χ4n) is 1.57. The van der Waals surface area contributed by atoms with E-state index in [1.807, 2.05) is 24.2 Å². The van der Waals surface area contributed by atoms with Gasteiger partial charge in [-0.15, -0.1) is 0 Å². The third-order valence-electron chi connectivity index (χ3n) is 2.30. The third kappa shape index (κ3) is 2.89. The van der Waals surface area contributed by atoms with E-state index in [0.29, 0.717) is 6.04 Å². The molecule has 0 radical (unpaired) electrons. The summed E-state index contributed by atoms with van der Waals surface area (Å²) in [4.78, 5) is 4.14. The lowest BCUT2D eigenvalue weighted by molar-refractivity contribution is 0.666. The Bertz CT molecular complexity index is 300. The minimum absolute atomic E-state index is 0.632. The van der Waals surface area contributed by atoms with Crippen LogP contribution in [0.15, 0.2) is 22.9 Å². The molecule has 0 atom stereocenters.